The molecule has 2 saturated heterocycles. The Morgan fingerprint density at radius 3 is 2.81 bits per heavy atom. The fourth-order valence-electron chi connectivity index (χ4n) is 5.31. The molecule has 1 aromatic heterocycles. The maximum Gasteiger partial charge on any atom is 0.163 e. The summed E-state index contributed by atoms with van der Waals surface area (Å²) in [7, 11) is 1.72. The smallest absolute Gasteiger partial charge is 0.163 e. The molecule has 0 bridgehead atoms. The highest BCUT2D eigenvalue weighted by Gasteiger charge is 2.35. The lowest BCUT2D eigenvalue weighted by molar-refractivity contribution is 0.193. The summed E-state index contributed by atoms with van der Waals surface area (Å²) in [5, 5.41) is 4.87. The summed E-state index contributed by atoms with van der Waals surface area (Å²) in [6.07, 6.45) is 5.71. The van der Waals surface area contributed by atoms with Gasteiger partial charge in [-0.15, -0.1) is 0 Å². The molecule has 31 heavy (non-hydrogen) atoms. The molecule has 6 nitrogen and oxygen atoms in total. The van der Waals surface area contributed by atoms with Gasteiger partial charge >= 0.3 is 0 Å². The lowest BCUT2D eigenvalue weighted by Gasteiger charge is -2.19. The first kappa shape index (κ1) is 20.8. The van der Waals surface area contributed by atoms with Crippen LogP contribution in [-0.2, 0) is 11.2 Å². The topological polar surface area (TPSA) is 55.9 Å². The maximum atomic E-state index is 6.18. The van der Waals surface area contributed by atoms with Crippen molar-refractivity contribution in [3.63, 3.8) is 0 Å². The van der Waals surface area contributed by atoms with Gasteiger partial charge in [-0.3, -0.25) is 4.98 Å². The lowest BCUT2D eigenvalue weighted by atomic mass is 9.92. The number of rotatable bonds is 7. The van der Waals surface area contributed by atoms with Crippen LogP contribution in [0, 0.1) is 0 Å². The minimum atomic E-state index is 0.0183. The normalized spacial score (nSPS) is 22.6. The van der Waals surface area contributed by atoms with Gasteiger partial charge in [-0.2, -0.15) is 0 Å². The molecule has 4 heterocycles. The zero-order chi connectivity index (χ0) is 21.4. The predicted molar refractivity (Wildman–Crippen MR) is 124 cm³/mol. The highest BCUT2D eigenvalue weighted by molar-refractivity contribution is 5.97. The molecule has 0 radical (unpaired) electrons. The highest BCUT2D eigenvalue weighted by atomic mass is 16.5. The van der Waals surface area contributed by atoms with Crippen molar-refractivity contribution >= 4 is 16.6 Å². The Bertz CT molecular complexity index is 947. The van der Waals surface area contributed by atoms with Gasteiger partial charge in [-0.1, -0.05) is 0 Å². The summed E-state index contributed by atoms with van der Waals surface area (Å²) in [4.78, 5) is 7.68. The zero-order valence-corrected chi connectivity index (χ0v) is 19.1. The van der Waals surface area contributed by atoms with Crippen LogP contribution in [0.5, 0.6) is 11.5 Å². The van der Waals surface area contributed by atoms with E-state index in [4.69, 9.17) is 19.2 Å². The molecule has 1 unspecified atom stereocenters. The first-order chi connectivity index (χ1) is 15.0. The van der Waals surface area contributed by atoms with Gasteiger partial charge in [0.05, 0.1) is 31.5 Å². The van der Waals surface area contributed by atoms with Crippen molar-refractivity contribution < 1.29 is 14.2 Å². The van der Waals surface area contributed by atoms with Crippen molar-refractivity contribution in [2.75, 3.05) is 51.9 Å². The van der Waals surface area contributed by atoms with E-state index in [9.17, 15) is 0 Å². The van der Waals surface area contributed by atoms with E-state index in [0.29, 0.717) is 12.5 Å². The molecule has 5 rings (SSSR count). The van der Waals surface area contributed by atoms with Crippen molar-refractivity contribution in [1.82, 2.24) is 9.88 Å². The van der Waals surface area contributed by atoms with Crippen LogP contribution < -0.4 is 14.8 Å². The summed E-state index contributed by atoms with van der Waals surface area (Å²) >= 11 is 0. The molecule has 0 amide bonds. The first-order valence-corrected chi connectivity index (χ1v) is 11.8. The zero-order valence-electron chi connectivity index (χ0n) is 19.1. The number of nitrogens with one attached hydrogen (secondary N) is 1. The molecule has 3 aliphatic heterocycles. The molecular weight excluding hydrogens is 390 g/mol. The van der Waals surface area contributed by atoms with Crippen molar-refractivity contribution in [3.05, 3.63) is 23.4 Å². The second kappa shape index (κ2) is 8.47. The minimum absolute atomic E-state index is 0.0183. The molecule has 0 aliphatic carbocycles. The second-order valence-electron chi connectivity index (χ2n) is 9.87. The van der Waals surface area contributed by atoms with Crippen LogP contribution in [-0.4, -0.2) is 62.0 Å². The molecule has 3 aliphatic rings. The van der Waals surface area contributed by atoms with Crippen LogP contribution in [0.2, 0.25) is 0 Å². The largest absolute Gasteiger partial charge is 0.493 e. The number of nitrogens with zero attached hydrogens (tertiary/aromatic N) is 2. The van der Waals surface area contributed by atoms with Crippen molar-refractivity contribution in [1.29, 1.82) is 0 Å². The third-order valence-corrected chi connectivity index (χ3v) is 6.88. The Hall–Kier alpha value is -2.05. The van der Waals surface area contributed by atoms with E-state index in [-0.39, 0.29) is 5.54 Å². The highest BCUT2D eigenvalue weighted by Crippen LogP contribution is 2.45. The quantitative estimate of drug-likeness (QED) is 0.666. The number of anilines is 1. The van der Waals surface area contributed by atoms with Crippen LogP contribution in [0.3, 0.4) is 0 Å². The number of aromatic nitrogens is 1. The third kappa shape index (κ3) is 4.20. The second-order valence-corrected chi connectivity index (χ2v) is 9.87. The van der Waals surface area contributed by atoms with Crippen LogP contribution in [0.25, 0.3) is 10.9 Å². The van der Waals surface area contributed by atoms with E-state index in [1.807, 2.05) is 0 Å². The average Bonchev–Trinajstić information content (AvgIpc) is 3.50. The summed E-state index contributed by atoms with van der Waals surface area (Å²) in [6.45, 7) is 10.3. The van der Waals surface area contributed by atoms with Crippen molar-refractivity contribution in [3.8, 4) is 11.5 Å². The van der Waals surface area contributed by atoms with Gasteiger partial charge in [0, 0.05) is 47.3 Å². The molecule has 1 atom stereocenters. The summed E-state index contributed by atoms with van der Waals surface area (Å²) in [5.74, 6) is 1.94. The van der Waals surface area contributed by atoms with Crippen LogP contribution >= 0.6 is 0 Å². The lowest BCUT2D eigenvalue weighted by Crippen LogP contribution is -2.27. The van der Waals surface area contributed by atoms with Crippen LogP contribution in [0.4, 0.5) is 5.69 Å². The Labute approximate surface area is 185 Å². The van der Waals surface area contributed by atoms with Gasteiger partial charge < -0.3 is 24.4 Å². The summed E-state index contributed by atoms with van der Waals surface area (Å²) in [6, 6.07) is 4.16. The van der Waals surface area contributed by atoms with Gasteiger partial charge in [0.1, 0.15) is 0 Å². The number of methoxy groups -OCH3 is 1. The Morgan fingerprint density at radius 2 is 2.06 bits per heavy atom. The molecule has 168 valence electrons. The van der Waals surface area contributed by atoms with E-state index in [1.54, 1.807) is 7.11 Å². The van der Waals surface area contributed by atoms with E-state index in [2.05, 4.69) is 36.2 Å². The summed E-state index contributed by atoms with van der Waals surface area (Å²) < 4.78 is 17.6. The minimum Gasteiger partial charge on any atom is -0.493 e. The average molecular weight is 426 g/mol. The SMILES string of the molecule is COc1cc2c3c(c(C4CCOC4)nc2cc1OCCCN1CCCC1)CC(C)(C)N3. The Kier molecular flexibility index (Phi) is 5.69. The van der Waals surface area contributed by atoms with E-state index < -0.39 is 0 Å². The number of likely N-dealkylation sites (tertiary alicyclic amines) is 1. The first-order valence-electron chi connectivity index (χ1n) is 11.8. The number of hydrogen-bond acceptors (Lipinski definition) is 6. The predicted octanol–water partition coefficient (Wildman–Crippen LogP) is 4.36. The number of ether oxygens (including phenoxy) is 3. The van der Waals surface area contributed by atoms with E-state index in [1.165, 1.54) is 42.9 Å². The number of pyridine rings is 1. The van der Waals surface area contributed by atoms with E-state index in [0.717, 1.165) is 61.4 Å². The van der Waals surface area contributed by atoms with Gasteiger partial charge in [0.15, 0.2) is 11.5 Å². The van der Waals surface area contributed by atoms with E-state index >= 15 is 0 Å². The maximum absolute atomic E-state index is 6.18. The van der Waals surface area contributed by atoms with Crippen molar-refractivity contribution in [2.24, 2.45) is 0 Å². The Morgan fingerprint density at radius 1 is 1.23 bits per heavy atom. The van der Waals surface area contributed by atoms with Gasteiger partial charge in [0.25, 0.3) is 0 Å². The molecular formula is C25H35N3O3. The molecule has 2 fully saturated rings. The molecule has 1 aromatic carbocycles. The number of hydrogen-bond donors (Lipinski definition) is 1. The number of benzene rings is 1. The van der Waals surface area contributed by atoms with Gasteiger partial charge in [-0.25, -0.2) is 0 Å². The van der Waals surface area contributed by atoms with Crippen molar-refractivity contribution in [2.45, 2.75) is 57.4 Å². The fraction of sp³-hybridized carbons (Fsp3) is 0.640. The number of fused-ring (bicyclic) bond motifs is 3. The fourth-order valence-corrected chi connectivity index (χ4v) is 5.31. The van der Waals surface area contributed by atoms with Crippen LogP contribution in [0.1, 0.15) is 56.7 Å². The standard InChI is InChI=1S/C25H35N3O3/c1-25(2)15-19-23(17-7-12-30-16-17)26-20-14-22(21(29-3)13-18(20)24(19)27-25)31-11-6-10-28-8-4-5-9-28/h13-14,17,27H,4-12,15-16H2,1-3H3. The van der Waals surface area contributed by atoms with Crippen LogP contribution in [0.15, 0.2) is 12.1 Å². The molecule has 1 N–H and O–H groups in total. The Balaban J connectivity index is 1.45. The third-order valence-electron chi connectivity index (χ3n) is 6.88. The molecule has 2 aromatic rings. The van der Waals surface area contributed by atoms with Gasteiger partial charge in [0.2, 0.25) is 0 Å². The molecule has 6 heteroatoms. The summed E-state index contributed by atoms with van der Waals surface area (Å²) in [5.41, 5.74) is 4.74. The molecule has 0 spiro atoms. The van der Waals surface area contributed by atoms with Gasteiger partial charge in [-0.05, 0) is 65.1 Å². The molecule has 0 saturated carbocycles. The monoisotopic (exact) mass is 425 g/mol.